The minimum absolute atomic E-state index is 0.801. The fourth-order valence-corrected chi connectivity index (χ4v) is 1.65. The van der Waals surface area contributed by atoms with Gasteiger partial charge in [-0.15, -0.1) is 0 Å². The van der Waals surface area contributed by atoms with Crippen LogP contribution in [0, 0.1) is 6.92 Å². The first kappa shape index (κ1) is 8.63. The Morgan fingerprint density at radius 2 is 2.31 bits per heavy atom. The standard InChI is InChI=1S/C10H11NOS/c1-7-3-2-4-8-9(5-6-13)11-12-10(7)8/h2-4,13H,5-6H2,1H3. The highest BCUT2D eigenvalue weighted by atomic mass is 32.1. The van der Waals surface area contributed by atoms with E-state index in [1.54, 1.807) is 0 Å². The van der Waals surface area contributed by atoms with Gasteiger partial charge in [-0.05, 0) is 24.3 Å². The first-order valence-corrected chi connectivity index (χ1v) is 4.91. The van der Waals surface area contributed by atoms with Gasteiger partial charge in [0.2, 0.25) is 0 Å². The zero-order valence-corrected chi connectivity index (χ0v) is 8.34. The molecule has 0 aliphatic carbocycles. The van der Waals surface area contributed by atoms with E-state index in [1.165, 1.54) is 0 Å². The van der Waals surface area contributed by atoms with E-state index in [9.17, 15) is 0 Å². The first-order chi connectivity index (χ1) is 6.33. The number of aromatic nitrogens is 1. The monoisotopic (exact) mass is 193 g/mol. The second-order valence-electron chi connectivity index (χ2n) is 3.05. The van der Waals surface area contributed by atoms with Crippen molar-refractivity contribution in [2.24, 2.45) is 0 Å². The maximum Gasteiger partial charge on any atom is 0.170 e. The third kappa shape index (κ3) is 1.44. The van der Waals surface area contributed by atoms with Crippen LogP contribution in [0.15, 0.2) is 22.7 Å². The smallest absolute Gasteiger partial charge is 0.170 e. The van der Waals surface area contributed by atoms with E-state index in [-0.39, 0.29) is 0 Å². The molecule has 3 heteroatoms. The van der Waals surface area contributed by atoms with Gasteiger partial charge in [0.1, 0.15) is 0 Å². The molecule has 0 atom stereocenters. The van der Waals surface area contributed by atoms with E-state index < -0.39 is 0 Å². The second-order valence-corrected chi connectivity index (χ2v) is 3.50. The van der Waals surface area contributed by atoms with Gasteiger partial charge in [-0.25, -0.2) is 0 Å². The zero-order valence-electron chi connectivity index (χ0n) is 7.45. The van der Waals surface area contributed by atoms with E-state index in [2.05, 4.69) is 17.8 Å². The normalized spacial score (nSPS) is 10.9. The molecule has 0 saturated carbocycles. The Morgan fingerprint density at radius 1 is 1.46 bits per heavy atom. The van der Waals surface area contributed by atoms with Crippen molar-refractivity contribution >= 4 is 23.6 Å². The summed E-state index contributed by atoms with van der Waals surface area (Å²) in [6, 6.07) is 6.09. The summed E-state index contributed by atoms with van der Waals surface area (Å²) in [5.74, 6) is 0.801. The summed E-state index contributed by atoms with van der Waals surface area (Å²) in [4.78, 5) is 0. The van der Waals surface area contributed by atoms with E-state index in [0.29, 0.717) is 0 Å². The van der Waals surface area contributed by atoms with Gasteiger partial charge in [0.05, 0.1) is 5.69 Å². The first-order valence-electron chi connectivity index (χ1n) is 4.27. The van der Waals surface area contributed by atoms with Crippen molar-refractivity contribution in [3.05, 3.63) is 29.5 Å². The molecule has 68 valence electrons. The Morgan fingerprint density at radius 3 is 3.08 bits per heavy atom. The SMILES string of the molecule is Cc1cccc2c(CCS)noc12. The Labute approximate surface area is 82.3 Å². The maximum atomic E-state index is 5.25. The lowest BCUT2D eigenvalue weighted by Gasteiger charge is -1.92. The summed E-state index contributed by atoms with van der Waals surface area (Å²) in [7, 11) is 0. The number of para-hydroxylation sites is 1. The average molecular weight is 193 g/mol. The molecule has 2 nitrogen and oxygen atoms in total. The molecule has 0 N–H and O–H groups in total. The Bertz CT molecular complexity index is 422. The molecule has 2 rings (SSSR count). The van der Waals surface area contributed by atoms with Gasteiger partial charge in [-0.1, -0.05) is 17.3 Å². The number of thiol groups is 1. The lowest BCUT2D eigenvalue weighted by atomic mass is 10.1. The fraction of sp³-hybridized carbons (Fsp3) is 0.300. The summed E-state index contributed by atoms with van der Waals surface area (Å²) < 4.78 is 5.25. The van der Waals surface area contributed by atoms with Crippen molar-refractivity contribution in [1.82, 2.24) is 5.16 Å². The van der Waals surface area contributed by atoms with Gasteiger partial charge >= 0.3 is 0 Å². The average Bonchev–Trinajstić information content (AvgIpc) is 2.51. The molecule has 1 aromatic carbocycles. The topological polar surface area (TPSA) is 26.0 Å². The van der Waals surface area contributed by atoms with Crippen molar-refractivity contribution in [3.63, 3.8) is 0 Å². The molecule has 1 heterocycles. The third-order valence-corrected chi connectivity index (χ3v) is 2.34. The van der Waals surface area contributed by atoms with Crippen LogP contribution in [0.3, 0.4) is 0 Å². The van der Waals surface area contributed by atoms with E-state index >= 15 is 0 Å². The number of benzene rings is 1. The highest BCUT2D eigenvalue weighted by Gasteiger charge is 2.07. The lowest BCUT2D eigenvalue weighted by Crippen LogP contribution is -1.85. The van der Waals surface area contributed by atoms with Gasteiger partial charge in [-0.2, -0.15) is 12.6 Å². The van der Waals surface area contributed by atoms with Crippen LogP contribution < -0.4 is 0 Å². The van der Waals surface area contributed by atoms with Crippen LogP contribution in [0.4, 0.5) is 0 Å². The molecule has 0 fully saturated rings. The Kier molecular flexibility index (Phi) is 2.27. The van der Waals surface area contributed by atoms with Crippen molar-refractivity contribution in [1.29, 1.82) is 0 Å². The van der Waals surface area contributed by atoms with Crippen LogP contribution in [0.2, 0.25) is 0 Å². The van der Waals surface area contributed by atoms with Crippen LogP contribution in [0.25, 0.3) is 11.0 Å². The van der Waals surface area contributed by atoms with Crippen molar-refractivity contribution in [2.45, 2.75) is 13.3 Å². The van der Waals surface area contributed by atoms with Crippen molar-refractivity contribution in [2.75, 3.05) is 5.75 Å². The highest BCUT2D eigenvalue weighted by molar-refractivity contribution is 7.80. The van der Waals surface area contributed by atoms with Crippen LogP contribution >= 0.6 is 12.6 Å². The zero-order chi connectivity index (χ0) is 9.26. The molecule has 0 radical (unpaired) electrons. The van der Waals surface area contributed by atoms with Crippen LogP contribution in [0.1, 0.15) is 11.3 Å². The summed E-state index contributed by atoms with van der Waals surface area (Å²) in [6.07, 6.45) is 0.861. The largest absolute Gasteiger partial charge is 0.356 e. The van der Waals surface area contributed by atoms with Gasteiger partial charge in [0.25, 0.3) is 0 Å². The van der Waals surface area contributed by atoms with Crippen molar-refractivity contribution in [3.8, 4) is 0 Å². The van der Waals surface area contributed by atoms with E-state index in [1.807, 2.05) is 25.1 Å². The fourth-order valence-electron chi connectivity index (χ4n) is 1.44. The molecule has 13 heavy (non-hydrogen) atoms. The quantitative estimate of drug-likeness (QED) is 0.742. The highest BCUT2D eigenvalue weighted by Crippen LogP contribution is 2.21. The number of nitrogens with zero attached hydrogens (tertiary/aromatic N) is 1. The lowest BCUT2D eigenvalue weighted by molar-refractivity contribution is 0.446. The number of hydrogen-bond acceptors (Lipinski definition) is 3. The second kappa shape index (κ2) is 3.42. The summed E-state index contributed by atoms with van der Waals surface area (Å²) >= 11 is 4.18. The predicted molar refractivity (Wildman–Crippen MR) is 56.3 cm³/mol. The van der Waals surface area contributed by atoms with Crippen LogP contribution in [-0.4, -0.2) is 10.9 Å². The van der Waals surface area contributed by atoms with Gasteiger partial charge in [0, 0.05) is 11.8 Å². The van der Waals surface area contributed by atoms with E-state index in [0.717, 1.165) is 34.4 Å². The molecular weight excluding hydrogens is 182 g/mol. The number of hydrogen-bond donors (Lipinski definition) is 1. The summed E-state index contributed by atoms with van der Waals surface area (Å²) in [5.41, 5.74) is 3.04. The minimum Gasteiger partial charge on any atom is -0.356 e. The van der Waals surface area contributed by atoms with Crippen LogP contribution in [-0.2, 0) is 6.42 Å². The molecule has 0 saturated heterocycles. The minimum atomic E-state index is 0.801. The molecular formula is C10H11NOS. The summed E-state index contributed by atoms with van der Waals surface area (Å²) in [6.45, 7) is 2.03. The van der Waals surface area contributed by atoms with Gasteiger partial charge < -0.3 is 4.52 Å². The molecule has 1 aromatic heterocycles. The maximum absolute atomic E-state index is 5.25. The Balaban J connectivity index is 2.61. The summed E-state index contributed by atoms with van der Waals surface area (Å²) in [5, 5.41) is 5.14. The number of fused-ring (bicyclic) bond motifs is 1. The number of rotatable bonds is 2. The predicted octanol–water partition coefficient (Wildman–Crippen LogP) is 2.61. The third-order valence-electron chi connectivity index (χ3n) is 2.12. The van der Waals surface area contributed by atoms with Gasteiger partial charge in [-0.3, -0.25) is 0 Å². The number of aryl methyl sites for hydroxylation is 2. The molecule has 0 aliphatic heterocycles. The molecule has 2 aromatic rings. The molecule has 0 aliphatic rings. The molecule has 0 spiro atoms. The van der Waals surface area contributed by atoms with Crippen molar-refractivity contribution < 1.29 is 4.52 Å². The van der Waals surface area contributed by atoms with Crippen LogP contribution in [0.5, 0.6) is 0 Å². The van der Waals surface area contributed by atoms with Gasteiger partial charge in [0.15, 0.2) is 5.58 Å². The Hall–Kier alpha value is -0.960. The van der Waals surface area contributed by atoms with E-state index in [4.69, 9.17) is 4.52 Å². The molecule has 0 amide bonds. The molecule has 0 bridgehead atoms. The molecule has 0 unspecified atom stereocenters.